The number of aromatic nitrogens is 1. The van der Waals surface area contributed by atoms with Crippen LogP contribution in [0.25, 0.3) is 0 Å². The maximum absolute atomic E-state index is 12.5. The largest absolute Gasteiger partial charge is 0.495 e. The van der Waals surface area contributed by atoms with Gasteiger partial charge in [-0.25, -0.2) is 13.4 Å². The highest BCUT2D eigenvalue weighted by Gasteiger charge is 2.17. The minimum absolute atomic E-state index is 0.0137. The molecular formula is C20H21N3O4S2. The Kier molecular flexibility index (Phi) is 6.19. The molecule has 0 fully saturated rings. The molecule has 9 heteroatoms. The van der Waals surface area contributed by atoms with Crippen molar-refractivity contribution >= 4 is 38.1 Å². The highest BCUT2D eigenvalue weighted by Crippen LogP contribution is 2.26. The zero-order valence-electron chi connectivity index (χ0n) is 16.2. The fourth-order valence-corrected chi connectivity index (χ4v) is 4.57. The normalized spacial score (nSPS) is 11.1. The van der Waals surface area contributed by atoms with Crippen molar-refractivity contribution in [3.05, 3.63) is 64.7 Å². The lowest BCUT2D eigenvalue weighted by Gasteiger charge is -2.10. The van der Waals surface area contributed by atoms with E-state index in [1.807, 2.05) is 26.0 Å². The number of rotatable bonds is 7. The predicted molar refractivity (Wildman–Crippen MR) is 114 cm³/mol. The molecule has 0 aliphatic carbocycles. The van der Waals surface area contributed by atoms with Gasteiger partial charge in [-0.3, -0.25) is 9.52 Å². The number of ether oxygens (including phenoxy) is 1. The first-order valence-electron chi connectivity index (χ1n) is 8.75. The summed E-state index contributed by atoms with van der Waals surface area (Å²) < 4.78 is 32.6. The molecule has 0 atom stereocenters. The smallest absolute Gasteiger partial charge is 0.263 e. The molecule has 0 saturated carbocycles. The first-order valence-corrected chi connectivity index (χ1v) is 11.1. The van der Waals surface area contributed by atoms with Gasteiger partial charge < -0.3 is 10.1 Å². The van der Waals surface area contributed by atoms with Gasteiger partial charge in [-0.05, 0) is 43.7 Å². The van der Waals surface area contributed by atoms with Crippen LogP contribution in [0.15, 0.2) is 52.7 Å². The number of hydrogen-bond acceptors (Lipinski definition) is 6. The SMILES string of the molecule is COc1ccc(C)cc1NC(=O)Cc1csc(NS(=O)(=O)c2ccc(C)cc2)n1. The number of sulfonamides is 1. The number of methoxy groups -OCH3 is 1. The third kappa shape index (κ3) is 5.33. The number of hydrogen-bond donors (Lipinski definition) is 2. The van der Waals surface area contributed by atoms with Crippen molar-refractivity contribution in [2.24, 2.45) is 0 Å². The molecule has 0 aliphatic rings. The Labute approximate surface area is 173 Å². The molecule has 1 heterocycles. The van der Waals surface area contributed by atoms with E-state index in [-0.39, 0.29) is 22.4 Å². The van der Waals surface area contributed by atoms with Gasteiger partial charge in [0.1, 0.15) is 5.75 Å². The van der Waals surface area contributed by atoms with E-state index in [1.54, 1.807) is 23.6 Å². The van der Waals surface area contributed by atoms with Crippen molar-refractivity contribution in [3.8, 4) is 5.75 Å². The first kappa shape index (κ1) is 20.8. The van der Waals surface area contributed by atoms with Crippen LogP contribution >= 0.6 is 11.3 Å². The first-order chi connectivity index (χ1) is 13.8. The molecule has 1 aromatic heterocycles. The molecule has 152 valence electrons. The molecule has 3 rings (SSSR count). The molecule has 3 aromatic rings. The second-order valence-electron chi connectivity index (χ2n) is 6.49. The zero-order chi connectivity index (χ0) is 21.0. The summed E-state index contributed by atoms with van der Waals surface area (Å²) in [5.41, 5.74) is 3.01. The van der Waals surface area contributed by atoms with Gasteiger partial charge in [-0.1, -0.05) is 23.8 Å². The summed E-state index contributed by atoms with van der Waals surface area (Å²) in [6.45, 7) is 3.80. The number of thiazole rings is 1. The van der Waals surface area contributed by atoms with Crippen LogP contribution in [0.3, 0.4) is 0 Å². The fourth-order valence-electron chi connectivity index (χ4n) is 2.60. The average molecular weight is 432 g/mol. The van der Waals surface area contributed by atoms with Gasteiger partial charge >= 0.3 is 0 Å². The maximum atomic E-state index is 12.5. The second-order valence-corrected chi connectivity index (χ2v) is 9.03. The number of anilines is 2. The summed E-state index contributed by atoms with van der Waals surface area (Å²) in [5.74, 6) is 0.293. The Bertz CT molecular complexity index is 1120. The summed E-state index contributed by atoms with van der Waals surface area (Å²) in [7, 11) is -2.19. The Morgan fingerprint density at radius 1 is 1.10 bits per heavy atom. The van der Waals surface area contributed by atoms with Gasteiger partial charge in [0.15, 0.2) is 5.13 Å². The van der Waals surface area contributed by atoms with Gasteiger partial charge in [0, 0.05) is 5.38 Å². The topological polar surface area (TPSA) is 97.4 Å². The van der Waals surface area contributed by atoms with Crippen molar-refractivity contribution in [1.29, 1.82) is 0 Å². The quantitative estimate of drug-likeness (QED) is 0.594. The molecule has 29 heavy (non-hydrogen) atoms. The van der Waals surface area contributed by atoms with E-state index >= 15 is 0 Å². The standard InChI is InChI=1S/C20H21N3O4S2/c1-13-4-7-16(8-5-13)29(25,26)23-20-21-15(12-28-20)11-19(24)22-17-10-14(2)6-9-18(17)27-3/h4-10,12H,11H2,1-3H3,(H,21,23)(H,22,24). The van der Waals surface area contributed by atoms with Crippen molar-refractivity contribution in [2.75, 3.05) is 17.1 Å². The zero-order valence-corrected chi connectivity index (χ0v) is 17.9. The van der Waals surface area contributed by atoms with E-state index < -0.39 is 10.0 Å². The highest BCUT2D eigenvalue weighted by molar-refractivity contribution is 7.93. The van der Waals surface area contributed by atoms with Crippen LogP contribution in [0, 0.1) is 13.8 Å². The molecule has 2 aromatic carbocycles. The van der Waals surface area contributed by atoms with Gasteiger partial charge in [0.05, 0.1) is 29.8 Å². The third-order valence-corrected chi connectivity index (χ3v) is 6.37. The summed E-state index contributed by atoms with van der Waals surface area (Å²) in [6, 6.07) is 12.0. The fraction of sp³-hybridized carbons (Fsp3) is 0.200. The predicted octanol–water partition coefficient (Wildman–Crippen LogP) is 3.75. The molecule has 2 N–H and O–H groups in total. The van der Waals surface area contributed by atoms with Crippen LogP contribution in [0.4, 0.5) is 10.8 Å². The number of benzene rings is 2. The number of carbonyl (C=O) groups is 1. The maximum Gasteiger partial charge on any atom is 0.263 e. The van der Waals surface area contributed by atoms with Crippen molar-refractivity contribution in [3.63, 3.8) is 0 Å². The van der Waals surface area contributed by atoms with Crippen LogP contribution in [-0.2, 0) is 21.2 Å². The Hall–Kier alpha value is -2.91. The second kappa shape index (κ2) is 8.62. The average Bonchev–Trinajstić information content (AvgIpc) is 3.08. The van der Waals surface area contributed by atoms with E-state index in [1.165, 1.54) is 19.2 Å². The van der Waals surface area contributed by atoms with Crippen LogP contribution < -0.4 is 14.8 Å². The Morgan fingerprint density at radius 3 is 2.48 bits per heavy atom. The van der Waals surface area contributed by atoms with Crippen molar-refractivity contribution in [1.82, 2.24) is 4.98 Å². The Morgan fingerprint density at radius 2 is 1.79 bits per heavy atom. The highest BCUT2D eigenvalue weighted by atomic mass is 32.2. The molecule has 0 bridgehead atoms. The van der Waals surface area contributed by atoms with E-state index in [2.05, 4.69) is 15.0 Å². The molecule has 0 spiro atoms. The van der Waals surface area contributed by atoms with E-state index in [9.17, 15) is 13.2 Å². The van der Waals surface area contributed by atoms with E-state index in [0.717, 1.165) is 22.5 Å². The van der Waals surface area contributed by atoms with E-state index in [0.29, 0.717) is 17.1 Å². The lowest BCUT2D eigenvalue weighted by molar-refractivity contribution is -0.115. The van der Waals surface area contributed by atoms with Crippen molar-refractivity contribution in [2.45, 2.75) is 25.2 Å². The van der Waals surface area contributed by atoms with Gasteiger partial charge in [0.25, 0.3) is 10.0 Å². The van der Waals surface area contributed by atoms with Gasteiger partial charge in [-0.2, -0.15) is 0 Å². The summed E-state index contributed by atoms with van der Waals surface area (Å²) in [4.78, 5) is 16.7. The van der Waals surface area contributed by atoms with Crippen LogP contribution in [-0.4, -0.2) is 26.4 Å². The molecule has 0 saturated heterocycles. The van der Waals surface area contributed by atoms with Gasteiger partial charge in [0.2, 0.25) is 5.91 Å². The van der Waals surface area contributed by atoms with Crippen LogP contribution in [0.5, 0.6) is 5.75 Å². The molecule has 0 aliphatic heterocycles. The van der Waals surface area contributed by atoms with Crippen LogP contribution in [0.2, 0.25) is 0 Å². The summed E-state index contributed by atoms with van der Waals surface area (Å²) in [5, 5.41) is 4.66. The third-order valence-electron chi connectivity index (χ3n) is 4.08. The number of nitrogens with zero attached hydrogens (tertiary/aromatic N) is 1. The molecule has 1 amide bonds. The minimum atomic E-state index is -3.73. The number of aryl methyl sites for hydroxylation is 2. The van der Waals surface area contributed by atoms with Crippen LogP contribution in [0.1, 0.15) is 16.8 Å². The molecule has 0 unspecified atom stereocenters. The van der Waals surface area contributed by atoms with Gasteiger partial charge in [-0.15, -0.1) is 11.3 Å². The summed E-state index contributed by atoms with van der Waals surface area (Å²) in [6.07, 6.45) is 0.0137. The lowest BCUT2D eigenvalue weighted by Crippen LogP contribution is -2.16. The number of nitrogens with one attached hydrogen (secondary N) is 2. The minimum Gasteiger partial charge on any atom is -0.495 e. The Balaban J connectivity index is 1.66. The summed E-state index contributed by atoms with van der Waals surface area (Å²) >= 11 is 1.13. The monoisotopic (exact) mass is 431 g/mol. The van der Waals surface area contributed by atoms with Crippen molar-refractivity contribution < 1.29 is 17.9 Å². The van der Waals surface area contributed by atoms with E-state index in [4.69, 9.17) is 4.74 Å². The lowest BCUT2D eigenvalue weighted by atomic mass is 10.2. The molecular weight excluding hydrogens is 410 g/mol. The number of amides is 1. The molecule has 0 radical (unpaired) electrons. The molecule has 7 nitrogen and oxygen atoms in total. The number of carbonyl (C=O) groups excluding carboxylic acids is 1.